The zero-order valence-electron chi connectivity index (χ0n) is 8.14. The first-order valence-corrected chi connectivity index (χ1v) is 5.59. The Morgan fingerprint density at radius 2 is 2.15 bits per heavy atom. The van der Waals surface area contributed by atoms with Crippen LogP contribution >= 0.6 is 15.9 Å². The summed E-state index contributed by atoms with van der Waals surface area (Å²) in [4.78, 5) is 0. The van der Waals surface area contributed by atoms with Crippen molar-refractivity contribution in [1.82, 2.24) is 0 Å². The fourth-order valence-electron chi connectivity index (χ4n) is 1.30. The molecule has 0 saturated heterocycles. The van der Waals surface area contributed by atoms with Crippen molar-refractivity contribution in [2.45, 2.75) is 19.8 Å². The van der Waals surface area contributed by atoms with Gasteiger partial charge in [-0.2, -0.15) is 0 Å². The number of halogens is 1. The van der Waals surface area contributed by atoms with E-state index >= 15 is 0 Å². The van der Waals surface area contributed by atoms with Gasteiger partial charge in [0, 0.05) is 5.33 Å². The van der Waals surface area contributed by atoms with Crippen molar-refractivity contribution in [2.24, 2.45) is 0 Å². The average Bonchev–Trinajstić information content (AvgIpc) is 2.17. The second-order valence-corrected chi connectivity index (χ2v) is 3.88. The normalized spacial score (nSPS) is 10.1. The van der Waals surface area contributed by atoms with Crippen molar-refractivity contribution >= 4 is 15.9 Å². The third kappa shape index (κ3) is 3.03. The Balaban J connectivity index is 2.78. The number of hydrogen-bond donors (Lipinski definition) is 0. The van der Waals surface area contributed by atoms with Crippen LogP contribution in [0.1, 0.15) is 17.5 Å². The zero-order chi connectivity index (χ0) is 9.68. The first kappa shape index (κ1) is 10.6. The topological polar surface area (TPSA) is 9.23 Å². The molecule has 72 valence electrons. The molecule has 0 unspecified atom stereocenters. The Bertz CT molecular complexity index is 271. The van der Waals surface area contributed by atoms with Gasteiger partial charge in [0.2, 0.25) is 0 Å². The number of hydrogen-bond acceptors (Lipinski definition) is 1. The summed E-state index contributed by atoms with van der Waals surface area (Å²) in [7, 11) is 1.71. The molecule has 0 atom stereocenters. The Morgan fingerprint density at radius 3 is 2.77 bits per heavy atom. The monoisotopic (exact) mass is 242 g/mol. The largest absolute Gasteiger partial charge is 0.497 e. The van der Waals surface area contributed by atoms with Crippen LogP contribution in [0.5, 0.6) is 5.75 Å². The second-order valence-electron chi connectivity index (χ2n) is 3.08. The average molecular weight is 243 g/mol. The van der Waals surface area contributed by atoms with Crippen molar-refractivity contribution in [3.63, 3.8) is 0 Å². The number of alkyl halides is 1. The van der Waals surface area contributed by atoms with Crippen LogP contribution in [-0.4, -0.2) is 12.4 Å². The molecule has 0 spiro atoms. The molecule has 0 bridgehead atoms. The maximum atomic E-state index is 5.18. The summed E-state index contributed by atoms with van der Waals surface area (Å²) in [6.45, 7) is 2.14. The van der Waals surface area contributed by atoms with Crippen LogP contribution in [0.25, 0.3) is 0 Å². The predicted octanol–water partition coefficient (Wildman–Crippen LogP) is 3.33. The second kappa shape index (κ2) is 5.28. The first-order valence-electron chi connectivity index (χ1n) is 4.47. The van der Waals surface area contributed by atoms with Crippen LogP contribution < -0.4 is 4.74 Å². The van der Waals surface area contributed by atoms with E-state index in [1.165, 1.54) is 17.5 Å². The van der Waals surface area contributed by atoms with Gasteiger partial charge in [-0.3, -0.25) is 0 Å². The van der Waals surface area contributed by atoms with Gasteiger partial charge in [0.15, 0.2) is 0 Å². The fourth-order valence-corrected chi connectivity index (χ4v) is 1.58. The van der Waals surface area contributed by atoms with Gasteiger partial charge in [-0.15, -0.1) is 0 Å². The lowest BCUT2D eigenvalue weighted by atomic mass is 10.0. The molecule has 1 nitrogen and oxygen atoms in total. The first-order chi connectivity index (χ1) is 6.27. The summed E-state index contributed by atoms with van der Waals surface area (Å²) in [6, 6.07) is 6.24. The van der Waals surface area contributed by atoms with Crippen molar-refractivity contribution in [3.05, 3.63) is 29.3 Å². The van der Waals surface area contributed by atoms with Gasteiger partial charge in [-0.1, -0.05) is 22.0 Å². The van der Waals surface area contributed by atoms with E-state index in [-0.39, 0.29) is 0 Å². The molecule has 2 heteroatoms. The van der Waals surface area contributed by atoms with Crippen molar-refractivity contribution in [1.29, 1.82) is 0 Å². The van der Waals surface area contributed by atoms with E-state index in [0.717, 1.165) is 17.5 Å². The maximum Gasteiger partial charge on any atom is 0.119 e. The van der Waals surface area contributed by atoms with Crippen LogP contribution in [0.3, 0.4) is 0 Å². The minimum atomic E-state index is 0.954. The number of methoxy groups -OCH3 is 1. The van der Waals surface area contributed by atoms with Crippen LogP contribution in [0.15, 0.2) is 18.2 Å². The third-order valence-electron chi connectivity index (χ3n) is 2.14. The number of ether oxygens (including phenoxy) is 1. The fraction of sp³-hybridized carbons (Fsp3) is 0.455. The molecule has 0 radical (unpaired) electrons. The zero-order valence-corrected chi connectivity index (χ0v) is 9.73. The van der Waals surface area contributed by atoms with E-state index in [4.69, 9.17) is 4.74 Å². The van der Waals surface area contributed by atoms with E-state index in [9.17, 15) is 0 Å². The molecular weight excluding hydrogens is 228 g/mol. The van der Waals surface area contributed by atoms with Crippen LogP contribution in [0.4, 0.5) is 0 Å². The molecule has 0 N–H and O–H groups in total. The molecule has 0 aliphatic heterocycles. The van der Waals surface area contributed by atoms with Crippen LogP contribution in [-0.2, 0) is 6.42 Å². The molecule has 0 amide bonds. The molecule has 0 aromatic heterocycles. The lowest BCUT2D eigenvalue weighted by molar-refractivity contribution is 0.414. The summed E-state index contributed by atoms with van der Waals surface area (Å²) < 4.78 is 5.18. The number of aryl methyl sites for hydroxylation is 2. The van der Waals surface area contributed by atoms with Gasteiger partial charge in [-0.25, -0.2) is 0 Å². The highest BCUT2D eigenvalue weighted by atomic mass is 79.9. The summed E-state index contributed by atoms with van der Waals surface area (Å²) in [5.41, 5.74) is 2.74. The van der Waals surface area contributed by atoms with E-state index in [0.29, 0.717) is 0 Å². The van der Waals surface area contributed by atoms with Crippen molar-refractivity contribution in [3.8, 4) is 5.75 Å². The predicted molar refractivity (Wildman–Crippen MR) is 59.8 cm³/mol. The highest BCUT2D eigenvalue weighted by molar-refractivity contribution is 9.09. The highest BCUT2D eigenvalue weighted by Gasteiger charge is 1.99. The lowest BCUT2D eigenvalue weighted by Crippen LogP contribution is -1.92. The van der Waals surface area contributed by atoms with Crippen LogP contribution in [0, 0.1) is 6.92 Å². The summed E-state index contributed by atoms with van der Waals surface area (Å²) in [5, 5.41) is 1.06. The van der Waals surface area contributed by atoms with E-state index < -0.39 is 0 Å². The Labute approximate surface area is 88.2 Å². The molecule has 1 rings (SSSR count). The Hall–Kier alpha value is -0.500. The molecule has 0 aliphatic carbocycles. The molecule has 0 saturated carbocycles. The summed E-state index contributed by atoms with van der Waals surface area (Å²) in [5.74, 6) is 0.954. The van der Waals surface area contributed by atoms with Gasteiger partial charge in [0.1, 0.15) is 5.75 Å². The molecule has 13 heavy (non-hydrogen) atoms. The Morgan fingerprint density at radius 1 is 1.38 bits per heavy atom. The molecule has 0 aliphatic rings. The van der Waals surface area contributed by atoms with Gasteiger partial charge >= 0.3 is 0 Å². The third-order valence-corrected chi connectivity index (χ3v) is 2.70. The molecule has 0 fully saturated rings. The standard InChI is InChI=1S/C11H15BrO/c1-9-5-6-11(13-2)8-10(9)4-3-7-12/h5-6,8H,3-4,7H2,1-2H3. The number of benzene rings is 1. The number of rotatable bonds is 4. The highest BCUT2D eigenvalue weighted by Crippen LogP contribution is 2.18. The van der Waals surface area contributed by atoms with Crippen molar-refractivity contribution in [2.75, 3.05) is 12.4 Å². The van der Waals surface area contributed by atoms with E-state index in [2.05, 4.69) is 35.0 Å². The summed E-state index contributed by atoms with van der Waals surface area (Å²) in [6.07, 6.45) is 2.29. The smallest absolute Gasteiger partial charge is 0.119 e. The minimum Gasteiger partial charge on any atom is -0.497 e. The minimum absolute atomic E-state index is 0.954. The molecule has 0 heterocycles. The van der Waals surface area contributed by atoms with Crippen molar-refractivity contribution < 1.29 is 4.74 Å². The van der Waals surface area contributed by atoms with Gasteiger partial charge in [-0.05, 0) is 43.0 Å². The molecule has 1 aromatic rings. The van der Waals surface area contributed by atoms with Gasteiger partial charge in [0.05, 0.1) is 7.11 Å². The van der Waals surface area contributed by atoms with Gasteiger partial charge < -0.3 is 4.74 Å². The Kier molecular flexibility index (Phi) is 4.29. The van der Waals surface area contributed by atoms with Gasteiger partial charge in [0.25, 0.3) is 0 Å². The SMILES string of the molecule is COc1ccc(C)c(CCCBr)c1. The van der Waals surface area contributed by atoms with E-state index in [1.54, 1.807) is 7.11 Å². The quantitative estimate of drug-likeness (QED) is 0.737. The van der Waals surface area contributed by atoms with E-state index in [1.807, 2.05) is 6.07 Å². The maximum absolute atomic E-state index is 5.18. The molecular formula is C11H15BrO. The molecule has 1 aromatic carbocycles. The lowest BCUT2D eigenvalue weighted by Gasteiger charge is -2.07. The summed E-state index contributed by atoms with van der Waals surface area (Å²) >= 11 is 3.44. The van der Waals surface area contributed by atoms with Crippen LogP contribution in [0.2, 0.25) is 0 Å².